The summed E-state index contributed by atoms with van der Waals surface area (Å²) in [4.78, 5) is -0.102. The van der Waals surface area contributed by atoms with E-state index in [0.29, 0.717) is 5.69 Å². The van der Waals surface area contributed by atoms with Gasteiger partial charge in [0, 0.05) is 0 Å². The van der Waals surface area contributed by atoms with E-state index in [1.807, 2.05) is 6.07 Å². The number of sulfone groups is 1. The van der Waals surface area contributed by atoms with E-state index in [-0.39, 0.29) is 10.7 Å². The predicted molar refractivity (Wildman–Crippen MR) is 76.4 cm³/mol. The van der Waals surface area contributed by atoms with Gasteiger partial charge in [0.25, 0.3) is 0 Å². The van der Waals surface area contributed by atoms with Crippen molar-refractivity contribution in [3.63, 3.8) is 0 Å². The van der Waals surface area contributed by atoms with E-state index in [4.69, 9.17) is 0 Å². The number of halogens is 1. The topological polar surface area (TPSA) is 77.7 Å². The lowest BCUT2D eigenvalue weighted by atomic mass is 10.3. The third-order valence-corrected chi connectivity index (χ3v) is 4.62. The lowest BCUT2D eigenvalue weighted by Crippen LogP contribution is -2.11. The van der Waals surface area contributed by atoms with Crippen molar-refractivity contribution in [1.82, 2.24) is 20.2 Å². The van der Waals surface area contributed by atoms with Gasteiger partial charge >= 0.3 is 0 Å². The number of nitrogens with zero attached hydrogens (tertiary/aromatic N) is 4. The fourth-order valence-electron chi connectivity index (χ4n) is 1.98. The summed E-state index contributed by atoms with van der Waals surface area (Å²) in [6.07, 6.45) is 0. The van der Waals surface area contributed by atoms with Crippen LogP contribution in [0.1, 0.15) is 5.82 Å². The van der Waals surface area contributed by atoms with Gasteiger partial charge in [-0.05, 0) is 40.8 Å². The lowest BCUT2D eigenvalue weighted by molar-refractivity contribution is 0.588. The van der Waals surface area contributed by atoms with Gasteiger partial charge in [0.2, 0.25) is 0 Å². The quantitative estimate of drug-likeness (QED) is 0.732. The molecule has 0 aliphatic heterocycles. The van der Waals surface area contributed by atoms with Gasteiger partial charge in [-0.1, -0.05) is 24.3 Å². The highest BCUT2D eigenvalue weighted by molar-refractivity contribution is 7.90. The van der Waals surface area contributed by atoms with Gasteiger partial charge in [-0.15, -0.1) is 5.10 Å². The monoisotopic (exact) mass is 318 g/mol. The van der Waals surface area contributed by atoms with Gasteiger partial charge in [0.05, 0.1) is 10.6 Å². The summed E-state index contributed by atoms with van der Waals surface area (Å²) in [5.74, 6) is -0.864. The Kier molecular flexibility index (Phi) is 3.68. The summed E-state index contributed by atoms with van der Waals surface area (Å²) in [6.45, 7) is 0. The van der Waals surface area contributed by atoms with Crippen LogP contribution < -0.4 is 0 Å². The molecule has 0 aliphatic rings. The van der Waals surface area contributed by atoms with Gasteiger partial charge < -0.3 is 0 Å². The fourth-order valence-corrected chi connectivity index (χ4v) is 3.24. The molecule has 0 radical (unpaired) electrons. The molecule has 1 heterocycles. The van der Waals surface area contributed by atoms with E-state index in [1.54, 1.807) is 24.3 Å². The van der Waals surface area contributed by atoms with Crippen LogP contribution in [-0.4, -0.2) is 28.6 Å². The number of rotatable bonds is 4. The molecule has 3 rings (SSSR count). The van der Waals surface area contributed by atoms with E-state index in [0.717, 1.165) is 6.07 Å². The molecule has 0 bridgehead atoms. The molecule has 0 aliphatic carbocycles. The van der Waals surface area contributed by atoms with Crippen LogP contribution in [0.2, 0.25) is 0 Å². The minimum Gasteiger partial charge on any atom is -0.223 e. The zero-order valence-electron chi connectivity index (χ0n) is 11.3. The molecule has 6 nitrogen and oxygen atoms in total. The van der Waals surface area contributed by atoms with E-state index in [9.17, 15) is 12.8 Å². The van der Waals surface area contributed by atoms with Crippen molar-refractivity contribution in [2.75, 3.05) is 0 Å². The maximum Gasteiger partial charge on any atom is 0.185 e. The second-order valence-corrected chi connectivity index (χ2v) is 6.55. The first-order chi connectivity index (χ1) is 10.6. The highest BCUT2D eigenvalue weighted by Crippen LogP contribution is 2.17. The summed E-state index contributed by atoms with van der Waals surface area (Å²) >= 11 is 0. The summed E-state index contributed by atoms with van der Waals surface area (Å²) < 4.78 is 39.3. The Morgan fingerprint density at radius 1 is 1.05 bits per heavy atom. The largest absolute Gasteiger partial charge is 0.223 e. The van der Waals surface area contributed by atoms with Gasteiger partial charge in [-0.2, -0.15) is 4.68 Å². The molecule has 22 heavy (non-hydrogen) atoms. The molecule has 0 spiro atoms. The van der Waals surface area contributed by atoms with Crippen LogP contribution >= 0.6 is 0 Å². The number of hydrogen-bond donors (Lipinski definition) is 0. The first kappa shape index (κ1) is 14.3. The zero-order valence-corrected chi connectivity index (χ0v) is 12.1. The number of benzene rings is 2. The molecule has 0 amide bonds. The first-order valence-corrected chi connectivity index (χ1v) is 8.02. The van der Waals surface area contributed by atoms with Crippen LogP contribution in [0.15, 0.2) is 59.5 Å². The maximum absolute atomic E-state index is 13.2. The first-order valence-electron chi connectivity index (χ1n) is 6.37. The van der Waals surface area contributed by atoms with E-state index >= 15 is 0 Å². The smallest absolute Gasteiger partial charge is 0.185 e. The van der Waals surface area contributed by atoms with E-state index in [2.05, 4.69) is 15.5 Å². The van der Waals surface area contributed by atoms with Crippen molar-refractivity contribution in [3.8, 4) is 5.69 Å². The van der Waals surface area contributed by atoms with Crippen molar-refractivity contribution in [2.45, 2.75) is 10.6 Å². The standard InChI is InChI=1S/C14H11FN4O2S/c15-11-5-4-8-13(9-11)22(20,21)10-14-16-17-18-19(14)12-6-2-1-3-7-12/h1-9H,10H2. The van der Waals surface area contributed by atoms with Crippen LogP contribution in [0.4, 0.5) is 4.39 Å². The number of hydrogen-bond acceptors (Lipinski definition) is 5. The summed E-state index contributed by atoms with van der Waals surface area (Å²) in [6, 6.07) is 13.8. The Labute approximate surface area is 126 Å². The molecule has 1 aromatic heterocycles. The molecular formula is C14H11FN4O2S. The number of tetrazole rings is 1. The van der Waals surface area contributed by atoms with Gasteiger partial charge in [-0.25, -0.2) is 12.8 Å². The number of aromatic nitrogens is 4. The molecule has 0 atom stereocenters. The van der Waals surface area contributed by atoms with Crippen molar-refractivity contribution in [2.24, 2.45) is 0 Å². The number of para-hydroxylation sites is 1. The second-order valence-electron chi connectivity index (χ2n) is 4.56. The highest BCUT2D eigenvalue weighted by atomic mass is 32.2. The second kappa shape index (κ2) is 5.64. The van der Waals surface area contributed by atoms with Gasteiger partial charge in [0.1, 0.15) is 11.6 Å². The van der Waals surface area contributed by atoms with Crippen molar-refractivity contribution in [1.29, 1.82) is 0 Å². The van der Waals surface area contributed by atoms with Crippen LogP contribution in [0.3, 0.4) is 0 Å². The molecule has 2 aromatic carbocycles. The molecule has 0 saturated heterocycles. The van der Waals surface area contributed by atoms with Gasteiger partial charge in [-0.3, -0.25) is 0 Å². The van der Waals surface area contributed by atoms with Crippen LogP contribution in [-0.2, 0) is 15.6 Å². The molecule has 0 unspecified atom stereocenters. The predicted octanol–water partition coefficient (Wildman–Crippen LogP) is 1.78. The summed E-state index contributed by atoms with van der Waals surface area (Å²) in [5.41, 5.74) is 0.650. The zero-order chi connectivity index (χ0) is 15.6. The third-order valence-electron chi connectivity index (χ3n) is 3.01. The van der Waals surface area contributed by atoms with Crippen LogP contribution in [0.5, 0.6) is 0 Å². The Morgan fingerprint density at radius 2 is 1.82 bits per heavy atom. The van der Waals surface area contributed by atoms with Crippen LogP contribution in [0.25, 0.3) is 5.69 Å². The van der Waals surface area contributed by atoms with Gasteiger partial charge in [0.15, 0.2) is 15.7 Å². The normalized spacial score (nSPS) is 11.5. The van der Waals surface area contributed by atoms with Crippen molar-refractivity contribution in [3.05, 3.63) is 66.2 Å². The summed E-state index contributed by atoms with van der Waals surface area (Å²) in [5, 5.41) is 11.1. The average molecular weight is 318 g/mol. The molecule has 0 N–H and O–H groups in total. The van der Waals surface area contributed by atoms with Crippen molar-refractivity contribution >= 4 is 9.84 Å². The van der Waals surface area contributed by atoms with E-state index < -0.39 is 21.4 Å². The highest BCUT2D eigenvalue weighted by Gasteiger charge is 2.21. The molecule has 0 fully saturated rings. The average Bonchev–Trinajstić information content (AvgIpc) is 2.95. The Morgan fingerprint density at radius 3 is 2.55 bits per heavy atom. The molecule has 3 aromatic rings. The molecule has 112 valence electrons. The SMILES string of the molecule is O=S(=O)(Cc1nnnn1-c1ccccc1)c1cccc(F)c1. The fraction of sp³-hybridized carbons (Fsp3) is 0.0714. The Bertz CT molecular complexity index is 894. The molecule has 0 saturated carbocycles. The molecule has 8 heteroatoms. The van der Waals surface area contributed by atoms with Crippen molar-refractivity contribution < 1.29 is 12.8 Å². The minimum absolute atomic E-state index is 0.102. The Hall–Kier alpha value is -2.61. The van der Waals surface area contributed by atoms with Crippen LogP contribution in [0, 0.1) is 5.82 Å². The maximum atomic E-state index is 13.2. The lowest BCUT2D eigenvalue weighted by Gasteiger charge is -2.06. The Balaban J connectivity index is 1.96. The molecular weight excluding hydrogens is 307 g/mol. The van der Waals surface area contributed by atoms with E-state index in [1.165, 1.54) is 22.9 Å². The summed E-state index contributed by atoms with van der Waals surface area (Å²) in [7, 11) is -3.74. The minimum atomic E-state index is -3.74. The third kappa shape index (κ3) is 2.86.